The Balaban J connectivity index is 1.94. The predicted molar refractivity (Wildman–Crippen MR) is 64.9 cm³/mol. The lowest BCUT2D eigenvalue weighted by molar-refractivity contribution is -0.122. The molecule has 0 unspecified atom stereocenters. The van der Waals surface area contributed by atoms with Crippen LogP contribution >= 0.6 is 23.2 Å². The van der Waals surface area contributed by atoms with Gasteiger partial charge in [0.25, 0.3) is 0 Å². The van der Waals surface area contributed by atoms with Gasteiger partial charge in [-0.2, -0.15) is 5.10 Å². The lowest BCUT2D eigenvalue weighted by Gasteiger charge is -1.98. The minimum Gasteiger partial charge on any atom is -0.273 e. The number of hydrazone groups is 1. The topological polar surface area (TPSA) is 41.5 Å². The molecule has 1 fully saturated rings. The fourth-order valence-electron chi connectivity index (χ4n) is 1.20. The van der Waals surface area contributed by atoms with E-state index in [1.54, 1.807) is 24.4 Å². The molecule has 1 aromatic carbocycles. The molecule has 1 saturated carbocycles. The van der Waals surface area contributed by atoms with Crippen molar-refractivity contribution in [3.8, 4) is 0 Å². The SMILES string of the molecule is O=C(NN=Cc1ccc(Cl)c(Cl)c1)C1CC1. The van der Waals surface area contributed by atoms with Crippen molar-refractivity contribution in [1.82, 2.24) is 5.43 Å². The van der Waals surface area contributed by atoms with Gasteiger partial charge in [0.1, 0.15) is 0 Å². The van der Waals surface area contributed by atoms with Crippen LogP contribution in [0.4, 0.5) is 0 Å². The normalized spacial score (nSPS) is 15.4. The maximum atomic E-state index is 11.2. The third kappa shape index (κ3) is 2.97. The van der Waals surface area contributed by atoms with Crippen LogP contribution in [-0.2, 0) is 4.79 Å². The highest BCUT2D eigenvalue weighted by atomic mass is 35.5. The molecule has 3 nitrogen and oxygen atoms in total. The van der Waals surface area contributed by atoms with Crippen molar-refractivity contribution in [2.24, 2.45) is 11.0 Å². The maximum Gasteiger partial charge on any atom is 0.243 e. The molecule has 1 N–H and O–H groups in total. The van der Waals surface area contributed by atoms with Crippen molar-refractivity contribution in [1.29, 1.82) is 0 Å². The zero-order valence-corrected chi connectivity index (χ0v) is 9.92. The maximum absolute atomic E-state index is 11.2. The Kier molecular flexibility index (Phi) is 3.46. The zero-order chi connectivity index (χ0) is 11.5. The molecule has 1 aliphatic rings. The van der Waals surface area contributed by atoms with E-state index >= 15 is 0 Å². The molecule has 0 spiro atoms. The summed E-state index contributed by atoms with van der Waals surface area (Å²) >= 11 is 11.6. The van der Waals surface area contributed by atoms with Gasteiger partial charge in [0.2, 0.25) is 5.91 Å². The van der Waals surface area contributed by atoms with Gasteiger partial charge in [-0.25, -0.2) is 5.43 Å². The molecule has 84 valence electrons. The Morgan fingerprint density at radius 1 is 1.38 bits per heavy atom. The van der Waals surface area contributed by atoms with E-state index in [1.807, 2.05) is 0 Å². The third-order valence-electron chi connectivity index (χ3n) is 2.28. The highest BCUT2D eigenvalue weighted by Gasteiger charge is 2.29. The summed E-state index contributed by atoms with van der Waals surface area (Å²) in [6, 6.07) is 5.16. The van der Waals surface area contributed by atoms with E-state index in [0.29, 0.717) is 10.0 Å². The van der Waals surface area contributed by atoms with Gasteiger partial charge >= 0.3 is 0 Å². The number of hydrogen-bond donors (Lipinski definition) is 1. The molecule has 16 heavy (non-hydrogen) atoms. The van der Waals surface area contributed by atoms with E-state index in [4.69, 9.17) is 23.2 Å². The summed E-state index contributed by atoms with van der Waals surface area (Å²) in [5, 5.41) is 4.82. The van der Waals surface area contributed by atoms with E-state index in [1.165, 1.54) is 0 Å². The molecule has 0 saturated heterocycles. The Morgan fingerprint density at radius 3 is 2.75 bits per heavy atom. The van der Waals surface area contributed by atoms with Gasteiger partial charge in [-0.1, -0.05) is 29.3 Å². The van der Waals surface area contributed by atoms with Crippen LogP contribution in [0.5, 0.6) is 0 Å². The van der Waals surface area contributed by atoms with Crippen molar-refractivity contribution in [2.45, 2.75) is 12.8 Å². The molecule has 5 heteroatoms. The summed E-state index contributed by atoms with van der Waals surface area (Å²) < 4.78 is 0. The number of rotatable bonds is 3. The lowest BCUT2D eigenvalue weighted by Crippen LogP contribution is -2.18. The van der Waals surface area contributed by atoms with Gasteiger partial charge in [0, 0.05) is 5.92 Å². The molecule has 1 aromatic rings. The highest BCUT2D eigenvalue weighted by molar-refractivity contribution is 6.42. The second kappa shape index (κ2) is 4.85. The molecular weight excluding hydrogens is 247 g/mol. The number of benzene rings is 1. The monoisotopic (exact) mass is 256 g/mol. The molecule has 0 aromatic heterocycles. The van der Waals surface area contributed by atoms with Crippen LogP contribution in [0.2, 0.25) is 10.0 Å². The van der Waals surface area contributed by atoms with Crippen LogP contribution in [-0.4, -0.2) is 12.1 Å². The largest absolute Gasteiger partial charge is 0.273 e. The first-order valence-electron chi connectivity index (χ1n) is 4.95. The Bertz CT molecular complexity index is 442. The minimum absolute atomic E-state index is 0.0173. The molecule has 0 heterocycles. The van der Waals surface area contributed by atoms with Crippen LogP contribution in [0, 0.1) is 5.92 Å². The van der Waals surface area contributed by atoms with Gasteiger partial charge in [-0.3, -0.25) is 4.79 Å². The average Bonchev–Trinajstić information content (AvgIpc) is 3.07. The van der Waals surface area contributed by atoms with Crippen molar-refractivity contribution in [3.05, 3.63) is 33.8 Å². The fourth-order valence-corrected chi connectivity index (χ4v) is 1.51. The summed E-state index contributed by atoms with van der Waals surface area (Å²) in [4.78, 5) is 11.2. The van der Waals surface area contributed by atoms with Crippen LogP contribution in [0.3, 0.4) is 0 Å². The standard InChI is InChI=1S/C11H10Cl2N2O/c12-9-4-1-7(5-10(9)13)6-14-15-11(16)8-2-3-8/h1,4-6,8H,2-3H2,(H,15,16). The molecule has 1 amide bonds. The van der Waals surface area contributed by atoms with Crippen LogP contribution in [0.1, 0.15) is 18.4 Å². The van der Waals surface area contributed by atoms with Gasteiger partial charge in [0.05, 0.1) is 16.3 Å². The smallest absolute Gasteiger partial charge is 0.243 e. The van der Waals surface area contributed by atoms with Gasteiger partial charge in [-0.05, 0) is 30.5 Å². The number of carbonyl (C=O) groups is 1. The van der Waals surface area contributed by atoms with Gasteiger partial charge < -0.3 is 0 Å². The first-order chi connectivity index (χ1) is 7.66. The lowest BCUT2D eigenvalue weighted by atomic mass is 10.2. The van der Waals surface area contributed by atoms with Crippen LogP contribution < -0.4 is 5.43 Å². The average molecular weight is 257 g/mol. The number of hydrogen-bond acceptors (Lipinski definition) is 2. The van der Waals surface area contributed by atoms with E-state index in [9.17, 15) is 4.79 Å². The molecule has 2 rings (SSSR count). The summed E-state index contributed by atoms with van der Waals surface area (Å²) in [6.45, 7) is 0. The first kappa shape index (κ1) is 11.4. The van der Waals surface area contributed by atoms with Gasteiger partial charge in [-0.15, -0.1) is 0 Å². The molecule has 0 radical (unpaired) electrons. The number of halogens is 2. The molecule has 0 atom stereocenters. The van der Waals surface area contributed by atoms with E-state index in [-0.39, 0.29) is 11.8 Å². The van der Waals surface area contributed by atoms with E-state index in [0.717, 1.165) is 18.4 Å². The van der Waals surface area contributed by atoms with Crippen LogP contribution in [0.25, 0.3) is 0 Å². The summed E-state index contributed by atoms with van der Waals surface area (Å²) in [5.74, 6) is 0.141. The number of carbonyl (C=O) groups excluding carboxylic acids is 1. The number of nitrogens with one attached hydrogen (secondary N) is 1. The number of amides is 1. The molecule has 0 aliphatic heterocycles. The quantitative estimate of drug-likeness (QED) is 0.656. The Hall–Kier alpha value is -1.06. The summed E-state index contributed by atoms with van der Waals surface area (Å²) in [5.41, 5.74) is 3.28. The van der Waals surface area contributed by atoms with E-state index < -0.39 is 0 Å². The van der Waals surface area contributed by atoms with Crippen LogP contribution in [0.15, 0.2) is 23.3 Å². The first-order valence-corrected chi connectivity index (χ1v) is 5.70. The van der Waals surface area contributed by atoms with Crippen molar-refractivity contribution < 1.29 is 4.79 Å². The second-order valence-electron chi connectivity index (χ2n) is 3.68. The minimum atomic E-state index is -0.0173. The summed E-state index contributed by atoms with van der Waals surface area (Å²) in [7, 11) is 0. The summed E-state index contributed by atoms with van der Waals surface area (Å²) in [6.07, 6.45) is 3.48. The Morgan fingerprint density at radius 2 is 2.12 bits per heavy atom. The van der Waals surface area contributed by atoms with Gasteiger partial charge in [0.15, 0.2) is 0 Å². The van der Waals surface area contributed by atoms with Crippen molar-refractivity contribution >= 4 is 35.3 Å². The molecule has 0 bridgehead atoms. The Labute approximate surface area is 103 Å². The molecule has 1 aliphatic carbocycles. The third-order valence-corrected chi connectivity index (χ3v) is 3.02. The van der Waals surface area contributed by atoms with Crippen molar-refractivity contribution in [2.75, 3.05) is 0 Å². The van der Waals surface area contributed by atoms with E-state index in [2.05, 4.69) is 10.5 Å². The zero-order valence-electron chi connectivity index (χ0n) is 8.41. The second-order valence-corrected chi connectivity index (χ2v) is 4.50. The predicted octanol–water partition coefficient (Wildman–Crippen LogP) is 2.85. The fraction of sp³-hybridized carbons (Fsp3) is 0.273. The van der Waals surface area contributed by atoms with Crippen molar-refractivity contribution in [3.63, 3.8) is 0 Å². The highest BCUT2D eigenvalue weighted by Crippen LogP contribution is 2.28. The molecular formula is C11H10Cl2N2O. The number of nitrogens with zero attached hydrogens (tertiary/aromatic N) is 1.